The van der Waals surface area contributed by atoms with Gasteiger partial charge in [0.2, 0.25) is 0 Å². The average Bonchev–Trinajstić information content (AvgIpc) is 2.60. The minimum absolute atomic E-state index is 0.0593. The van der Waals surface area contributed by atoms with Gasteiger partial charge in [0.15, 0.2) is 11.4 Å². The topological polar surface area (TPSA) is 73.7 Å². The van der Waals surface area contributed by atoms with Crippen molar-refractivity contribution in [1.82, 2.24) is 14.7 Å². The Balaban J connectivity index is 2.06. The third-order valence-corrected chi connectivity index (χ3v) is 4.37. The molecule has 7 heteroatoms. The van der Waals surface area contributed by atoms with Gasteiger partial charge in [0, 0.05) is 13.1 Å². The maximum atomic E-state index is 13.1. The van der Waals surface area contributed by atoms with Gasteiger partial charge in [-0.1, -0.05) is 18.2 Å². The van der Waals surface area contributed by atoms with Crippen LogP contribution in [0.5, 0.6) is 5.75 Å². The Hall–Kier alpha value is -2.67. The van der Waals surface area contributed by atoms with Crippen LogP contribution in [-0.2, 0) is 4.74 Å². The first-order valence-corrected chi connectivity index (χ1v) is 8.59. The van der Waals surface area contributed by atoms with Crippen molar-refractivity contribution in [3.05, 3.63) is 51.9 Å². The van der Waals surface area contributed by atoms with Gasteiger partial charge in [0.05, 0.1) is 31.1 Å². The van der Waals surface area contributed by atoms with Crippen molar-refractivity contribution in [2.75, 3.05) is 20.2 Å². The first kappa shape index (κ1) is 18.1. The van der Waals surface area contributed by atoms with E-state index in [4.69, 9.17) is 9.47 Å². The number of para-hydroxylation sites is 1. The first-order chi connectivity index (χ1) is 12.4. The highest BCUT2D eigenvalue weighted by Gasteiger charge is 2.30. The lowest BCUT2D eigenvalue weighted by Gasteiger charge is -2.35. The molecule has 2 aromatic rings. The molecule has 26 heavy (non-hydrogen) atoms. The van der Waals surface area contributed by atoms with Crippen LogP contribution in [0, 0.1) is 6.92 Å². The molecule has 0 bridgehead atoms. The van der Waals surface area contributed by atoms with E-state index in [1.807, 2.05) is 39.0 Å². The number of hydrogen-bond donors (Lipinski definition) is 0. The van der Waals surface area contributed by atoms with Crippen molar-refractivity contribution in [3.8, 4) is 11.4 Å². The molecule has 7 nitrogen and oxygen atoms in total. The van der Waals surface area contributed by atoms with Gasteiger partial charge in [-0.25, -0.2) is 0 Å². The molecule has 2 heterocycles. The van der Waals surface area contributed by atoms with Crippen molar-refractivity contribution in [2.24, 2.45) is 0 Å². The molecule has 0 aliphatic carbocycles. The summed E-state index contributed by atoms with van der Waals surface area (Å²) in [7, 11) is 1.43. The van der Waals surface area contributed by atoms with Gasteiger partial charge in [-0.05, 0) is 32.4 Å². The van der Waals surface area contributed by atoms with Crippen LogP contribution in [0.15, 0.2) is 35.1 Å². The summed E-state index contributed by atoms with van der Waals surface area (Å²) in [4.78, 5) is 27.2. The molecular weight excluding hydrogens is 334 g/mol. The van der Waals surface area contributed by atoms with Gasteiger partial charge in [-0.15, -0.1) is 0 Å². The number of morpholine rings is 1. The lowest BCUT2D eigenvalue weighted by atomic mass is 10.2. The summed E-state index contributed by atoms with van der Waals surface area (Å²) in [6.45, 7) is 6.68. The largest absolute Gasteiger partial charge is 0.494 e. The zero-order chi connectivity index (χ0) is 18.8. The quantitative estimate of drug-likeness (QED) is 0.837. The molecule has 0 N–H and O–H groups in total. The highest BCUT2D eigenvalue weighted by atomic mass is 16.5. The summed E-state index contributed by atoms with van der Waals surface area (Å²) in [5, 5.41) is 4.35. The second kappa shape index (κ2) is 7.29. The lowest BCUT2D eigenvalue weighted by molar-refractivity contribution is -0.0588. The average molecular weight is 357 g/mol. The Morgan fingerprint density at radius 3 is 2.50 bits per heavy atom. The summed E-state index contributed by atoms with van der Waals surface area (Å²) in [5.41, 5.74) is 1.30. The van der Waals surface area contributed by atoms with Gasteiger partial charge < -0.3 is 14.4 Å². The Morgan fingerprint density at radius 1 is 1.23 bits per heavy atom. The molecule has 1 saturated heterocycles. The van der Waals surface area contributed by atoms with E-state index in [0.29, 0.717) is 18.8 Å². The molecule has 1 fully saturated rings. The van der Waals surface area contributed by atoms with E-state index < -0.39 is 0 Å². The van der Waals surface area contributed by atoms with Gasteiger partial charge in [-0.2, -0.15) is 9.78 Å². The van der Waals surface area contributed by atoms with E-state index in [0.717, 1.165) is 5.56 Å². The monoisotopic (exact) mass is 357 g/mol. The van der Waals surface area contributed by atoms with E-state index in [1.54, 1.807) is 11.0 Å². The fourth-order valence-corrected chi connectivity index (χ4v) is 3.21. The summed E-state index contributed by atoms with van der Waals surface area (Å²) >= 11 is 0. The van der Waals surface area contributed by atoms with Gasteiger partial charge in [0.1, 0.15) is 0 Å². The molecule has 0 unspecified atom stereocenters. The van der Waals surface area contributed by atoms with Crippen LogP contribution in [0.25, 0.3) is 5.69 Å². The number of carbonyl (C=O) groups is 1. The summed E-state index contributed by atoms with van der Waals surface area (Å²) in [5.74, 6) is -0.0946. The summed E-state index contributed by atoms with van der Waals surface area (Å²) < 4.78 is 12.2. The van der Waals surface area contributed by atoms with Gasteiger partial charge >= 0.3 is 0 Å². The van der Waals surface area contributed by atoms with Crippen molar-refractivity contribution in [3.63, 3.8) is 0 Å². The Kier molecular flexibility index (Phi) is 5.08. The number of nitrogens with zero attached hydrogens (tertiary/aromatic N) is 3. The van der Waals surface area contributed by atoms with E-state index in [-0.39, 0.29) is 35.1 Å². The zero-order valence-corrected chi connectivity index (χ0v) is 15.4. The van der Waals surface area contributed by atoms with E-state index in [9.17, 15) is 9.59 Å². The van der Waals surface area contributed by atoms with E-state index in [2.05, 4.69) is 5.10 Å². The molecule has 1 aliphatic heterocycles. The number of rotatable bonds is 3. The second-order valence-corrected chi connectivity index (χ2v) is 6.57. The van der Waals surface area contributed by atoms with Crippen LogP contribution in [0.1, 0.15) is 29.9 Å². The number of aromatic nitrogens is 2. The molecule has 1 aromatic heterocycles. The number of carbonyl (C=O) groups excluding carboxylic acids is 1. The fraction of sp³-hybridized carbons (Fsp3) is 0.421. The SMILES string of the molecule is COc1cc(=O)n(-c2ccccc2C)nc1C(=O)N1C[C@H](C)O[C@@H](C)C1. The second-order valence-electron chi connectivity index (χ2n) is 6.57. The van der Waals surface area contributed by atoms with Crippen LogP contribution in [0.4, 0.5) is 0 Å². The van der Waals surface area contributed by atoms with Crippen LogP contribution >= 0.6 is 0 Å². The smallest absolute Gasteiger partial charge is 0.278 e. The first-order valence-electron chi connectivity index (χ1n) is 8.59. The predicted octanol–water partition coefficient (Wildman–Crippen LogP) is 1.80. The number of aryl methyl sites for hydroxylation is 1. The molecule has 138 valence electrons. The third-order valence-electron chi connectivity index (χ3n) is 4.37. The number of amides is 1. The summed E-state index contributed by atoms with van der Waals surface area (Å²) in [6, 6.07) is 8.70. The number of benzene rings is 1. The normalized spacial score (nSPS) is 20.1. The molecule has 1 aliphatic rings. The highest BCUT2D eigenvalue weighted by molar-refractivity contribution is 5.95. The minimum atomic E-state index is -0.351. The standard InChI is InChI=1S/C19H23N3O4/c1-12-7-5-6-8-15(12)22-17(23)9-16(25-4)18(20-22)19(24)21-10-13(2)26-14(3)11-21/h5-9,13-14H,10-11H2,1-4H3/t13-,14-/m0/s1. The Labute approximate surface area is 152 Å². The van der Waals surface area contributed by atoms with Crippen molar-refractivity contribution in [1.29, 1.82) is 0 Å². The van der Waals surface area contributed by atoms with Gasteiger partial charge in [0.25, 0.3) is 11.5 Å². The zero-order valence-electron chi connectivity index (χ0n) is 15.4. The maximum absolute atomic E-state index is 13.1. The molecule has 0 spiro atoms. The number of hydrogen-bond acceptors (Lipinski definition) is 5. The molecule has 0 saturated carbocycles. The number of ether oxygens (including phenoxy) is 2. The van der Waals surface area contributed by atoms with E-state index >= 15 is 0 Å². The Morgan fingerprint density at radius 2 is 1.88 bits per heavy atom. The van der Waals surface area contributed by atoms with Gasteiger partial charge in [-0.3, -0.25) is 9.59 Å². The number of methoxy groups -OCH3 is 1. The van der Waals surface area contributed by atoms with Crippen LogP contribution in [-0.4, -0.2) is 53.0 Å². The van der Waals surface area contributed by atoms with E-state index in [1.165, 1.54) is 17.9 Å². The molecule has 1 aromatic carbocycles. The lowest BCUT2D eigenvalue weighted by Crippen LogP contribution is -2.48. The maximum Gasteiger partial charge on any atom is 0.278 e. The third kappa shape index (κ3) is 3.48. The van der Waals surface area contributed by atoms with Crippen molar-refractivity contribution < 1.29 is 14.3 Å². The molecule has 0 radical (unpaired) electrons. The molecule has 2 atom stereocenters. The minimum Gasteiger partial charge on any atom is -0.494 e. The van der Waals surface area contributed by atoms with Crippen molar-refractivity contribution in [2.45, 2.75) is 33.0 Å². The summed E-state index contributed by atoms with van der Waals surface area (Å²) in [6.07, 6.45) is -0.119. The van der Waals surface area contributed by atoms with Crippen LogP contribution < -0.4 is 10.3 Å². The molecular formula is C19H23N3O4. The van der Waals surface area contributed by atoms with Crippen LogP contribution in [0.2, 0.25) is 0 Å². The highest BCUT2D eigenvalue weighted by Crippen LogP contribution is 2.20. The Bertz CT molecular complexity index is 867. The molecule has 1 amide bonds. The van der Waals surface area contributed by atoms with Crippen molar-refractivity contribution >= 4 is 5.91 Å². The molecule has 3 rings (SSSR count). The fourth-order valence-electron chi connectivity index (χ4n) is 3.21. The predicted molar refractivity (Wildman–Crippen MR) is 97.0 cm³/mol. The van der Waals surface area contributed by atoms with Crippen LogP contribution in [0.3, 0.4) is 0 Å².